The zero-order chi connectivity index (χ0) is 12.8. The fourth-order valence-corrected chi connectivity index (χ4v) is 2.99. The van der Waals surface area contributed by atoms with E-state index in [1.54, 1.807) is 4.68 Å². The third-order valence-corrected chi connectivity index (χ3v) is 4.04. The van der Waals surface area contributed by atoms with Crippen molar-refractivity contribution in [1.82, 2.24) is 25.2 Å². The monoisotopic (exact) mass is 249 g/mol. The summed E-state index contributed by atoms with van der Waals surface area (Å²) in [5.41, 5.74) is 1.29. The first-order valence-corrected chi connectivity index (χ1v) is 6.88. The lowest BCUT2D eigenvalue weighted by molar-refractivity contribution is 0.0748. The zero-order valence-corrected chi connectivity index (χ0v) is 11.6. The number of aromatic nitrogens is 3. The van der Waals surface area contributed by atoms with Gasteiger partial charge in [-0.25, -0.2) is 0 Å². The van der Waals surface area contributed by atoms with E-state index in [9.17, 15) is 0 Å². The minimum absolute atomic E-state index is 0.202. The quantitative estimate of drug-likeness (QED) is 0.860. The lowest BCUT2D eigenvalue weighted by Gasteiger charge is -2.44. The number of nitrogens with zero attached hydrogens (tertiary/aromatic N) is 4. The van der Waals surface area contributed by atoms with E-state index in [4.69, 9.17) is 0 Å². The van der Waals surface area contributed by atoms with Gasteiger partial charge in [0.15, 0.2) is 0 Å². The van der Waals surface area contributed by atoms with Gasteiger partial charge in [0.25, 0.3) is 0 Å². The lowest BCUT2D eigenvalue weighted by atomic mass is 9.96. The largest absolute Gasteiger partial charge is 0.309 e. The topological polar surface area (TPSA) is 46.0 Å². The minimum atomic E-state index is 0.202. The zero-order valence-electron chi connectivity index (χ0n) is 11.6. The lowest BCUT2D eigenvalue weighted by Crippen LogP contribution is -2.61. The maximum absolute atomic E-state index is 4.22. The van der Waals surface area contributed by atoms with Crippen LogP contribution in [0.25, 0.3) is 0 Å². The van der Waals surface area contributed by atoms with E-state index >= 15 is 0 Å². The maximum Gasteiger partial charge on any atom is 0.0967 e. The summed E-state index contributed by atoms with van der Waals surface area (Å²) in [5.74, 6) is 0.894. The van der Waals surface area contributed by atoms with Gasteiger partial charge < -0.3 is 5.32 Å². The third-order valence-electron chi connectivity index (χ3n) is 4.04. The molecule has 3 rings (SSSR count). The molecule has 2 fully saturated rings. The van der Waals surface area contributed by atoms with Gasteiger partial charge in [-0.2, -0.15) is 0 Å². The molecule has 1 atom stereocenters. The highest BCUT2D eigenvalue weighted by Crippen LogP contribution is 2.37. The van der Waals surface area contributed by atoms with Crippen LogP contribution in [-0.4, -0.2) is 44.6 Å². The van der Waals surface area contributed by atoms with E-state index in [1.165, 1.54) is 12.8 Å². The first-order chi connectivity index (χ1) is 8.53. The summed E-state index contributed by atoms with van der Waals surface area (Å²) in [6.07, 6.45) is 4.81. The van der Waals surface area contributed by atoms with Gasteiger partial charge in [0.05, 0.1) is 5.69 Å². The smallest absolute Gasteiger partial charge is 0.0967 e. The van der Waals surface area contributed by atoms with Crippen LogP contribution in [0.15, 0.2) is 6.20 Å². The summed E-state index contributed by atoms with van der Waals surface area (Å²) in [6.45, 7) is 7.68. The molecule has 1 aliphatic carbocycles. The molecule has 0 spiro atoms. The molecule has 1 aromatic rings. The summed E-state index contributed by atoms with van der Waals surface area (Å²) in [4.78, 5) is 2.60. The molecule has 0 bridgehead atoms. The summed E-state index contributed by atoms with van der Waals surface area (Å²) in [6, 6.07) is 0.681. The van der Waals surface area contributed by atoms with Gasteiger partial charge in [-0.3, -0.25) is 9.58 Å². The molecule has 1 aromatic heterocycles. The van der Waals surface area contributed by atoms with Crippen molar-refractivity contribution in [2.45, 2.75) is 44.8 Å². The molecule has 0 amide bonds. The molecule has 1 N–H and O–H groups in total. The summed E-state index contributed by atoms with van der Waals surface area (Å²) in [7, 11) is 1.93. The Hall–Kier alpha value is -0.940. The molecular weight excluding hydrogens is 226 g/mol. The average molecular weight is 249 g/mol. The highest BCUT2D eigenvalue weighted by molar-refractivity contribution is 5.01. The van der Waals surface area contributed by atoms with Gasteiger partial charge in [0.2, 0.25) is 0 Å². The molecule has 5 heteroatoms. The summed E-state index contributed by atoms with van der Waals surface area (Å²) >= 11 is 0. The molecule has 2 aliphatic rings. The van der Waals surface area contributed by atoms with Crippen LogP contribution in [0, 0.1) is 5.92 Å². The Bertz CT molecular complexity index is 421. The number of nitrogens with one attached hydrogen (secondary N) is 1. The summed E-state index contributed by atoms with van der Waals surface area (Å²) in [5, 5.41) is 11.9. The van der Waals surface area contributed by atoms with E-state index < -0.39 is 0 Å². The van der Waals surface area contributed by atoms with Crippen molar-refractivity contribution >= 4 is 0 Å². The number of aryl methyl sites for hydroxylation is 1. The van der Waals surface area contributed by atoms with E-state index in [2.05, 4.69) is 34.4 Å². The molecule has 2 heterocycles. The van der Waals surface area contributed by atoms with Gasteiger partial charge in [0, 0.05) is 44.5 Å². The predicted octanol–water partition coefficient (Wildman–Crippen LogP) is 0.777. The van der Waals surface area contributed by atoms with Crippen LogP contribution in [0.2, 0.25) is 0 Å². The molecular formula is C13H23N5. The Kier molecular flexibility index (Phi) is 2.90. The maximum atomic E-state index is 4.22. The van der Waals surface area contributed by atoms with Crippen molar-refractivity contribution in [3.8, 4) is 0 Å². The van der Waals surface area contributed by atoms with E-state index in [-0.39, 0.29) is 5.54 Å². The highest BCUT2D eigenvalue weighted by Gasteiger charge is 2.40. The van der Waals surface area contributed by atoms with Crippen LogP contribution < -0.4 is 5.32 Å². The first kappa shape index (κ1) is 12.1. The van der Waals surface area contributed by atoms with Gasteiger partial charge in [-0.1, -0.05) is 5.21 Å². The molecule has 5 nitrogen and oxygen atoms in total. The molecule has 1 saturated carbocycles. The Balaban J connectivity index is 1.72. The summed E-state index contributed by atoms with van der Waals surface area (Å²) < 4.78 is 1.79. The van der Waals surface area contributed by atoms with Crippen LogP contribution in [0.4, 0.5) is 0 Å². The predicted molar refractivity (Wildman–Crippen MR) is 70.0 cm³/mol. The molecule has 1 unspecified atom stereocenters. The van der Waals surface area contributed by atoms with E-state index in [1.807, 2.05) is 13.2 Å². The van der Waals surface area contributed by atoms with Crippen LogP contribution in [-0.2, 0) is 13.6 Å². The minimum Gasteiger partial charge on any atom is -0.309 e. The molecule has 18 heavy (non-hydrogen) atoms. The molecule has 0 radical (unpaired) electrons. The third kappa shape index (κ3) is 2.57. The number of hydrogen-bond acceptors (Lipinski definition) is 4. The normalized spacial score (nSPS) is 28.5. The molecule has 1 saturated heterocycles. The number of piperazine rings is 1. The molecule has 1 aliphatic heterocycles. The van der Waals surface area contributed by atoms with Crippen LogP contribution in [0.5, 0.6) is 0 Å². The fraction of sp³-hybridized carbons (Fsp3) is 0.846. The fourth-order valence-electron chi connectivity index (χ4n) is 2.99. The Morgan fingerprint density at radius 3 is 2.83 bits per heavy atom. The SMILES string of the molecule is Cn1cc(CN2CC(C)(C)NCC2C2CC2)nn1. The van der Waals surface area contributed by atoms with Crippen molar-refractivity contribution in [2.75, 3.05) is 13.1 Å². The Morgan fingerprint density at radius 2 is 2.22 bits per heavy atom. The van der Waals surface area contributed by atoms with Gasteiger partial charge in [0.1, 0.15) is 0 Å². The van der Waals surface area contributed by atoms with Crippen LogP contribution in [0.1, 0.15) is 32.4 Å². The van der Waals surface area contributed by atoms with E-state index in [0.717, 1.165) is 31.2 Å². The van der Waals surface area contributed by atoms with Crippen molar-refractivity contribution in [3.63, 3.8) is 0 Å². The second-order valence-electron chi connectivity index (χ2n) is 6.46. The van der Waals surface area contributed by atoms with Crippen molar-refractivity contribution < 1.29 is 0 Å². The second-order valence-corrected chi connectivity index (χ2v) is 6.46. The van der Waals surface area contributed by atoms with Crippen molar-refractivity contribution in [1.29, 1.82) is 0 Å². The molecule has 0 aromatic carbocycles. The average Bonchev–Trinajstić information content (AvgIpc) is 3.02. The van der Waals surface area contributed by atoms with Crippen LogP contribution in [0.3, 0.4) is 0 Å². The first-order valence-electron chi connectivity index (χ1n) is 6.88. The Morgan fingerprint density at radius 1 is 1.44 bits per heavy atom. The Labute approximate surface area is 109 Å². The molecule has 100 valence electrons. The highest BCUT2D eigenvalue weighted by atomic mass is 15.4. The van der Waals surface area contributed by atoms with Gasteiger partial charge in [-0.15, -0.1) is 5.10 Å². The van der Waals surface area contributed by atoms with E-state index in [0.29, 0.717) is 6.04 Å². The number of rotatable bonds is 3. The van der Waals surface area contributed by atoms with Gasteiger partial charge >= 0.3 is 0 Å². The number of hydrogen-bond donors (Lipinski definition) is 1. The van der Waals surface area contributed by atoms with Gasteiger partial charge in [-0.05, 0) is 32.6 Å². The standard InChI is InChI=1S/C13H23N5/c1-13(2)9-18(8-11-7-17(3)16-15-11)12(6-14-13)10-4-5-10/h7,10,12,14H,4-6,8-9H2,1-3H3. The van der Waals surface area contributed by atoms with Crippen molar-refractivity contribution in [3.05, 3.63) is 11.9 Å². The van der Waals surface area contributed by atoms with Crippen molar-refractivity contribution in [2.24, 2.45) is 13.0 Å². The van der Waals surface area contributed by atoms with Crippen LogP contribution >= 0.6 is 0 Å². The second kappa shape index (κ2) is 4.31.